The Hall–Kier alpha value is -3.35. The number of hydrogen-bond acceptors (Lipinski definition) is 4. The van der Waals surface area contributed by atoms with Gasteiger partial charge in [0, 0.05) is 39.7 Å². The van der Waals surface area contributed by atoms with Gasteiger partial charge in [0.2, 0.25) is 11.8 Å². The molecule has 8 heteroatoms. The van der Waals surface area contributed by atoms with Crippen LogP contribution in [0.3, 0.4) is 0 Å². The maximum atomic E-state index is 12.2. The Morgan fingerprint density at radius 2 is 1.74 bits per heavy atom. The highest BCUT2D eigenvalue weighted by Gasteiger charge is 2.10. The first kappa shape index (κ1) is 25.3. The van der Waals surface area contributed by atoms with Gasteiger partial charge in [-0.25, -0.2) is 5.43 Å². The van der Waals surface area contributed by atoms with Gasteiger partial charge in [-0.3, -0.25) is 9.59 Å². The van der Waals surface area contributed by atoms with Crippen molar-refractivity contribution in [1.29, 1.82) is 0 Å². The van der Waals surface area contributed by atoms with Gasteiger partial charge in [0.25, 0.3) is 0 Å². The SMILES string of the molecule is Cc1cccc(NC(=O)CCC(=O)NN=Cc2cc(Cl)ccc2OCc2ccccc2Cl)c1C. The lowest BCUT2D eigenvalue weighted by molar-refractivity contribution is -0.124. The summed E-state index contributed by atoms with van der Waals surface area (Å²) in [5.41, 5.74) is 6.69. The van der Waals surface area contributed by atoms with Crippen molar-refractivity contribution >= 4 is 46.9 Å². The number of rotatable bonds is 9. The van der Waals surface area contributed by atoms with Gasteiger partial charge in [0.1, 0.15) is 12.4 Å². The molecule has 2 amide bonds. The Morgan fingerprint density at radius 3 is 2.53 bits per heavy atom. The molecule has 0 aliphatic rings. The highest BCUT2D eigenvalue weighted by atomic mass is 35.5. The van der Waals surface area contributed by atoms with E-state index in [-0.39, 0.29) is 31.3 Å². The van der Waals surface area contributed by atoms with E-state index in [0.29, 0.717) is 21.4 Å². The number of aryl methyl sites for hydroxylation is 1. The molecule has 0 atom stereocenters. The fourth-order valence-corrected chi connectivity index (χ4v) is 3.45. The Kier molecular flexibility index (Phi) is 9.08. The molecule has 0 aromatic heterocycles. The van der Waals surface area contributed by atoms with Gasteiger partial charge < -0.3 is 10.1 Å². The molecule has 34 heavy (non-hydrogen) atoms. The second kappa shape index (κ2) is 12.2. The van der Waals surface area contributed by atoms with Gasteiger partial charge in [0.05, 0.1) is 6.21 Å². The van der Waals surface area contributed by atoms with Gasteiger partial charge in [-0.1, -0.05) is 53.5 Å². The van der Waals surface area contributed by atoms with E-state index in [1.807, 2.05) is 50.2 Å². The van der Waals surface area contributed by atoms with Gasteiger partial charge in [0.15, 0.2) is 0 Å². The largest absolute Gasteiger partial charge is 0.488 e. The number of hydrazone groups is 1. The Bertz CT molecular complexity index is 1210. The van der Waals surface area contributed by atoms with E-state index in [0.717, 1.165) is 22.4 Å². The van der Waals surface area contributed by atoms with Crippen LogP contribution in [0.25, 0.3) is 0 Å². The van der Waals surface area contributed by atoms with Crippen LogP contribution in [-0.2, 0) is 16.2 Å². The molecule has 0 radical (unpaired) electrons. The highest BCUT2D eigenvalue weighted by Crippen LogP contribution is 2.24. The zero-order valence-electron chi connectivity index (χ0n) is 18.9. The average molecular weight is 498 g/mol. The van der Waals surface area contributed by atoms with Crippen molar-refractivity contribution < 1.29 is 14.3 Å². The molecular weight excluding hydrogens is 473 g/mol. The van der Waals surface area contributed by atoms with Crippen LogP contribution in [0.2, 0.25) is 10.0 Å². The van der Waals surface area contributed by atoms with Gasteiger partial charge in [-0.05, 0) is 55.3 Å². The predicted molar refractivity (Wildman–Crippen MR) is 137 cm³/mol. The number of nitrogens with zero attached hydrogens (tertiary/aromatic N) is 1. The summed E-state index contributed by atoms with van der Waals surface area (Å²) >= 11 is 12.3. The fourth-order valence-electron chi connectivity index (χ4n) is 3.08. The molecule has 0 spiro atoms. The molecule has 0 heterocycles. The summed E-state index contributed by atoms with van der Waals surface area (Å²) in [5.74, 6) is -0.0823. The van der Waals surface area contributed by atoms with Gasteiger partial charge >= 0.3 is 0 Å². The molecule has 0 aliphatic carbocycles. The summed E-state index contributed by atoms with van der Waals surface area (Å²) in [5, 5.41) is 7.93. The topological polar surface area (TPSA) is 79.8 Å². The monoisotopic (exact) mass is 497 g/mol. The van der Waals surface area contributed by atoms with Crippen molar-refractivity contribution in [3.05, 3.63) is 93.0 Å². The summed E-state index contributed by atoms with van der Waals surface area (Å²) in [6.07, 6.45) is 1.49. The van der Waals surface area contributed by atoms with Crippen molar-refractivity contribution in [2.45, 2.75) is 33.3 Å². The first-order valence-electron chi connectivity index (χ1n) is 10.7. The molecule has 0 unspecified atom stereocenters. The smallest absolute Gasteiger partial charge is 0.240 e. The molecule has 3 rings (SSSR count). The first-order chi connectivity index (χ1) is 16.3. The van der Waals surface area contributed by atoms with Gasteiger partial charge in [-0.15, -0.1) is 0 Å². The van der Waals surface area contributed by atoms with Crippen molar-refractivity contribution in [1.82, 2.24) is 5.43 Å². The van der Waals surface area contributed by atoms with Crippen molar-refractivity contribution in [3.63, 3.8) is 0 Å². The van der Waals surface area contributed by atoms with E-state index in [4.69, 9.17) is 27.9 Å². The summed E-state index contributed by atoms with van der Waals surface area (Å²) in [4.78, 5) is 24.3. The standard InChI is InChI=1S/C26H25Cl2N3O3/c1-17-6-5-9-23(18(17)2)30-25(32)12-13-26(33)31-29-15-20-14-21(27)10-11-24(20)34-16-19-7-3-4-8-22(19)28/h3-11,14-15H,12-13,16H2,1-2H3,(H,30,32)(H,31,33). The lowest BCUT2D eigenvalue weighted by Gasteiger charge is -2.11. The molecule has 176 valence electrons. The Balaban J connectivity index is 1.52. The quantitative estimate of drug-likeness (QED) is 0.278. The number of halogens is 2. The molecule has 0 saturated heterocycles. The van der Waals surface area contributed by atoms with Crippen LogP contribution in [0.1, 0.15) is 35.1 Å². The summed E-state index contributed by atoms with van der Waals surface area (Å²) in [7, 11) is 0. The third kappa shape index (κ3) is 7.33. The lowest BCUT2D eigenvalue weighted by atomic mass is 10.1. The molecule has 0 aliphatic heterocycles. The van der Waals surface area contributed by atoms with E-state index in [2.05, 4.69) is 15.8 Å². The number of amides is 2. The van der Waals surface area contributed by atoms with Crippen molar-refractivity contribution in [2.75, 3.05) is 5.32 Å². The number of carbonyl (C=O) groups is 2. The van der Waals surface area contributed by atoms with Crippen LogP contribution >= 0.6 is 23.2 Å². The van der Waals surface area contributed by atoms with Crippen LogP contribution < -0.4 is 15.5 Å². The first-order valence-corrected chi connectivity index (χ1v) is 11.4. The van der Waals surface area contributed by atoms with Crippen molar-refractivity contribution in [3.8, 4) is 5.75 Å². The second-order valence-electron chi connectivity index (χ2n) is 7.65. The summed E-state index contributed by atoms with van der Waals surface area (Å²) < 4.78 is 5.87. The number of anilines is 1. The minimum atomic E-state index is -0.382. The number of ether oxygens (including phenoxy) is 1. The lowest BCUT2D eigenvalue weighted by Crippen LogP contribution is -2.21. The van der Waals surface area contributed by atoms with E-state index < -0.39 is 0 Å². The zero-order valence-corrected chi connectivity index (χ0v) is 20.4. The summed E-state index contributed by atoms with van der Waals surface area (Å²) in [6.45, 7) is 4.18. The number of carbonyl (C=O) groups excluding carboxylic acids is 2. The molecule has 0 fully saturated rings. The minimum absolute atomic E-state index is 0.000550. The summed E-state index contributed by atoms with van der Waals surface area (Å²) in [6, 6.07) is 18.2. The Labute approximate surface area is 208 Å². The van der Waals surface area contributed by atoms with E-state index in [1.54, 1.807) is 24.3 Å². The number of nitrogens with one attached hydrogen (secondary N) is 2. The molecule has 0 bridgehead atoms. The molecular formula is C26H25Cl2N3O3. The fraction of sp³-hybridized carbons (Fsp3) is 0.192. The zero-order chi connectivity index (χ0) is 24.5. The third-order valence-electron chi connectivity index (χ3n) is 5.16. The van der Waals surface area contributed by atoms with Crippen molar-refractivity contribution in [2.24, 2.45) is 5.10 Å². The van der Waals surface area contributed by atoms with Crippen LogP contribution in [0.15, 0.2) is 65.8 Å². The van der Waals surface area contributed by atoms with Crippen LogP contribution in [-0.4, -0.2) is 18.0 Å². The minimum Gasteiger partial charge on any atom is -0.488 e. The maximum Gasteiger partial charge on any atom is 0.240 e. The van der Waals surface area contributed by atoms with Gasteiger partial charge in [-0.2, -0.15) is 5.10 Å². The van der Waals surface area contributed by atoms with E-state index in [1.165, 1.54) is 6.21 Å². The number of hydrogen-bond donors (Lipinski definition) is 2. The second-order valence-corrected chi connectivity index (χ2v) is 8.49. The highest BCUT2D eigenvalue weighted by molar-refractivity contribution is 6.31. The normalized spacial score (nSPS) is 10.8. The molecule has 0 saturated carbocycles. The third-order valence-corrected chi connectivity index (χ3v) is 5.77. The molecule has 3 aromatic carbocycles. The molecule has 3 aromatic rings. The van der Waals surface area contributed by atoms with Crippen LogP contribution in [0.4, 0.5) is 5.69 Å². The van der Waals surface area contributed by atoms with Crippen LogP contribution in [0, 0.1) is 13.8 Å². The average Bonchev–Trinajstić information content (AvgIpc) is 2.81. The Morgan fingerprint density at radius 1 is 0.971 bits per heavy atom. The molecule has 2 N–H and O–H groups in total. The molecule has 6 nitrogen and oxygen atoms in total. The predicted octanol–water partition coefficient (Wildman–Crippen LogP) is 6.06. The van der Waals surface area contributed by atoms with E-state index >= 15 is 0 Å². The maximum absolute atomic E-state index is 12.2. The number of benzene rings is 3. The van der Waals surface area contributed by atoms with E-state index in [9.17, 15) is 9.59 Å². The van der Waals surface area contributed by atoms with Crippen LogP contribution in [0.5, 0.6) is 5.75 Å².